The first-order chi connectivity index (χ1) is 20.9. The van der Waals surface area contributed by atoms with E-state index in [-0.39, 0.29) is 12.1 Å². The Morgan fingerprint density at radius 3 is 1.42 bits per heavy atom. The highest BCUT2D eigenvalue weighted by atomic mass is 16.2. The Morgan fingerprint density at radius 1 is 0.581 bits per heavy atom. The highest BCUT2D eigenvalue weighted by Crippen LogP contribution is 2.18. The Balaban J connectivity index is 1.70. The predicted molar refractivity (Wildman–Crippen MR) is 182 cm³/mol. The van der Waals surface area contributed by atoms with Crippen LogP contribution in [0.4, 0.5) is 21.0 Å². The van der Waals surface area contributed by atoms with E-state index >= 15 is 0 Å². The van der Waals surface area contributed by atoms with Gasteiger partial charge < -0.3 is 31.1 Å². The van der Waals surface area contributed by atoms with Crippen LogP contribution in [0.25, 0.3) is 0 Å². The van der Waals surface area contributed by atoms with Crippen molar-refractivity contribution in [2.24, 2.45) is 0 Å². The molecule has 0 saturated carbocycles. The van der Waals surface area contributed by atoms with Gasteiger partial charge in [0.25, 0.3) is 0 Å². The number of urea groups is 2. The molecule has 0 aliphatic carbocycles. The minimum atomic E-state index is -0.191. The molecule has 0 spiro atoms. The summed E-state index contributed by atoms with van der Waals surface area (Å²) in [5.74, 6) is 0. The van der Waals surface area contributed by atoms with Gasteiger partial charge in [-0.2, -0.15) is 0 Å². The van der Waals surface area contributed by atoms with Crippen LogP contribution >= 0.6 is 0 Å². The maximum Gasteiger partial charge on any atom is 0.319 e. The summed E-state index contributed by atoms with van der Waals surface area (Å²) in [4.78, 5) is 29.4. The number of likely N-dealkylation sites (N-methyl/N-ethyl adjacent to an activating group) is 2. The van der Waals surface area contributed by atoms with E-state index in [9.17, 15) is 9.59 Å². The topological polar surface area (TPSA) is 88.7 Å². The van der Waals surface area contributed by atoms with Gasteiger partial charge in [0, 0.05) is 37.6 Å². The zero-order chi connectivity index (χ0) is 31.1. The molecular formula is C35H58N6O2. The number of nitrogens with one attached hydrogen (secondary N) is 4. The number of rotatable bonds is 22. The summed E-state index contributed by atoms with van der Waals surface area (Å²) in [5, 5.41) is 11.8. The molecule has 8 nitrogen and oxygen atoms in total. The second-order valence-electron chi connectivity index (χ2n) is 11.8. The number of benzene rings is 2. The maximum absolute atomic E-state index is 12.4. The van der Waals surface area contributed by atoms with Crippen molar-refractivity contribution in [3.63, 3.8) is 0 Å². The van der Waals surface area contributed by atoms with Crippen molar-refractivity contribution in [3.8, 4) is 0 Å². The Morgan fingerprint density at radius 2 is 1.00 bits per heavy atom. The van der Waals surface area contributed by atoms with Gasteiger partial charge in [0.1, 0.15) is 0 Å². The Hall–Kier alpha value is -3.10. The van der Waals surface area contributed by atoms with Gasteiger partial charge in [-0.3, -0.25) is 0 Å². The molecular weight excluding hydrogens is 536 g/mol. The van der Waals surface area contributed by atoms with Crippen molar-refractivity contribution in [1.29, 1.82) is 0 Å². The van der Waals surface area contributed by atoms with Crippen LogP contribution in [0.3, 0.4) is 0 Å². The number of hydrogen-bond donors (Lipinski definition) is 4. The molecule has 240 valence electrons. The Bertz CT molecular complexity index is 965. The van der Waals surface area contributed by atoms with Gasteiger partial charge >= 0.3 is 12.1 Å². The molecule has 2 aromatic carbocycles. The van der Waals surface area contributed by atoms with Gasteiger partial charge in [-0.15, -0.1) is 0 Å². The summed E-state index contributed by atoms with van der Waals surface area (Å²) < 4.78 is 0. The van der Waals surface area contributed by atoms with Gasteiger partial charge in [0.05, 0.1) is 0 Å². The normalized spacial score (nSPS) is 11.1. The molecule has 0 radical (unpaired) electrons. The van der Waals surface area contributed by atoms with Crippen LogP contribution in [0.5, 0.6) is 0 Å². The van der Waals surface area contributed by atoms with Crippen LogP contribution in [-0.2, 0) is 6.42 Å². The summed E-state index contributed by atoms with van der Waals surface area (Å²) in [7, 11) is 4.22. The third-order valence-corrected chi connectivity index (χ3v) is 7.62. The summed E-state index contributed by atoms with van der Waals surface area (Å²) in [6.07, 6.45) is 13.4. The van der Waals surface area contributed by atoms with E-state index < -0.39 is 0 Å². The molecule has 0 unspecified atom stereocenters. The summed E-state index contributed by atoms with van der Waals surface area (Å²) in [6, 6.07) is 15.4. The molecule has 0 heterocycles. The lowest BCUT2D eigenvalue weighted by Crippen LogP contribution is -2.35. The Kier molecular flexibility index (Phi) is 18.8. The second kappa shape index (κ2) is 22.4. The number of hydrogen-bond acceptors (Lipinski definition) is 4. The lowest BCUT2D eigenvalue weighted by Gasteiger charge is -2.17. The number of unbranched alkanes of at least 4 members (excludes halogenated alkanes) is 8. The van der Waals surface area contributed by atoms with Gasteiger partial charge in [-0.25, -0.2) is 9.59 Å². The number of nitrogens with zero attached hydrogens (tertiary/aromatic N) is 2. The largest absolute Gasteiger partial charge is 0.337 e. The molecule has 0 saturated heterocycles. The maximum atomic E-state index is 12.4. The molecule has 0 fully saturated rings. The van der Waals surface area contributed by atoms with Crippen LogP contribution in [0, 0.1) is 0 Å². The van der Waals surface area contributed by atoms with Crippen LogP contribution in [0.2, 0.25) is 0 Å². The first-order valence-electron chi connectivity index (χ1n) is 16.5. The van der Waals surface area contributed by atoms with Gasteiger partial charge in [0.2, 0.25) is 0 Å². The SMILES string of the molecule is CCCCCCCN(C)CCNC(=O)Nc1cccc(Cc2cccc(NC(=O)NCCN(C)CCCCCCC)c2)c1. The van der Waals surface area contributed by atoms with E-state index in [4.69, 9.17) is 0 Å². The third-order valence-electron chi connectivity index (χ3n) is 7.62. The van der Waals surface area contributed by atoms with E-state index in [0.29, 0.717) is 19.5 Å². The predicted octanol–water partition coefficient (Wildman–Crippen LogP) is 7.32. The second-order valence-corrected chi connectivity index (χ2v) is 11.8. The van der Waals surface area contributed by atoms with Crippen LogP contribution in [0.1, 0.15) is 89.2 Å². The molecule has 8 heteroatoms. The third kappa shape index (κ3) is 17.6. The van der Waals surface area contributed by atoms with Crippen molar-refractivity contribution in [1.82, 2.24) is 20.4 Å². The summed E-state index contributed by atoms with van der Waals surface area (Å²) in [6.45, 7) is 9.48. The first kappa shape index (κ1) is 36.1. The molecule has 2 rings (SSSR count). The zero-order valence-corrected chi connectivity index (χ0v) is 27.4. The molecule has 0 bridgehead atoms. The monoisotopic (exact) mass is 594 g/mol. The molecule has 0 atom stereocenters. The fourth-order valence-electron chi connectivity index (χ4n) is 5.02. The number of carbonyl (C=O) groups is 2. The lowest BCUT2D eigenvalue weighted by molar-refractivity contribution is 0.248. The molecule has 2 aromatic rings. The van der Waals surface area contributed by atoms with E-state index in [0.717, 1.165) is 48.7 Å². The van der Waals surface area contributed by atoms with Gasteiger partial charge in [0.15, 0.2) is 0 Å². The van der Waals surface area contributed by atoms with Gasteiger partial charge in [-0.1, -0.05) is 89.5 Å². The van der Waals surface area contributed by atoms with Crippen LogP contribution in [-0.4, -0.2) is 75.2 Å². The van der Waals surface area contributed by atoms with Crippen molar-refractivity contribution >= 4 is 23.4 Å². The van der Waals surface area contributed by atoms with Crippen molar-refractivity contribution < 1.29 is 9.59 Å². The quantitative estimate of drug-likeness (QED) is 0.108. The smallest absolute Gasteiger partial charge is 0.319 e. The molecule has 0 aromatic heterocycles. The van der Waals surface area contributed by atoms with Crippen LogP contribution < -0.4 is 21.3 Å². The molecule has 0 aliphatic rings. The zero-order valence-electron chi connectivity index (χ0n) is 27.4. The lowest BCUT2D eigenvalue weighted by atomic mass is 10.0. The minimum absolute atomic E-state index is 0.191. The minimum Gasteiger partial charge on any atom is -0.337 e. The standard InChI is InChI=1S/C35H58N6O2/c1-5-7-9-11-13-23-40(3)25-21-36-34(42)38-32-19-15-17-30(28-32)27-31-18-16-20-33(29-31)39-35(43)37-22-26-41(4)24-14-12-10-8-6-2/h15-20,28-29H,5-14,21-27H2,1-4H3,(H2,36,38,42)(H2,37,39,43). The van der Waals surface area contributed by atoms with E-state index in [1.807, 2.05) is 48.5 Å². The number of carbonyl (C=O) groups excluding carboxylic acids is 2. The molecule has 4 amide bonds. The van der Waals surface area contributed by atoms with Crippen LogP contribution in [0.15, 0.2) is 48.5 Å². The average Bonchev–Trinajstić information content (AvgIpc) is 2.97. The van der Waals surface area contributed by atoms with Crippen molar-refractivity contribution in [2.75, 3.05) is 64.0 Å². The van der Waals surface area contributed by atoms with E-state index in [1.54, 1.807) is 0 Å². The van der Waals surface area contributed by atoms with Gasteiger partial charge in [-0.05, 0) is 81.8 Å². The summed E-state index contributed by atoms with van der Waals surface area (Å²) >= 11 is 0. The number of anilines is 2. The Labute approximate surface area is 261 Å². The molecule has 43 heavy (non-hydrogen) atoms. The summed E-state index contributed by atoms with van der Waals surface area (Å²) in [5.41, 5.74) is 3.69. The highest BCUT2D eigenvalue weighted by Gasteiger charge is 2.07. The van der Waals surface area contributed by atoms with Crippen molar-refractivity contribution in [3.05, 3.63) is 59.7 Å². The highest BCUT2D eigenvalue weighted by molar-refractivity contribution is 5.90. The van der Waals surface area contributed by atoms with E-state index in [1.165, 1.54) is 64.2 Å². The van der Waals surface area contributed by atoms with E-state index in [2.05, 4.69) is 59.0 Å². The van der Waals surface area contributed by atoms with Crippen molar-refractivity contribution in [2.45, 2.75) is 84.5 Å². The average molecular weight is 595 g/mol. The molecule has 4 N–H and O–H groups in total. The fourth-order valence-corrected chi connectivity index (χ4v) is 5.02. The molecule has 0 aliphatic heterocycles. The first-order valence-corrected chi connectivity index (χ1v) is 16.5. The fraction of sp³-hybridized carbons (Fsp3) is 0.600. The number of amides is 4.